The second-order valence-electron chi connectivity index (χ2n) is 5.38. The molecule has 0 fully saturated rings. The summed E-state index contributed by atoms with van der Waals surface area (Å²) in [5.74, 6) is 0.783. The monoisotopic (exact) mass is 243 g/mol. The van der Waals surface area contributed by atoms with Crippen LogP contribution in [-0.4, -0.2) is 12.8 Å². The number of rotatable bonds is 4. The third-order valence-electron chi connectivity index (χ3n) is 3.97. The van der Waals surface area contributed by atoms with E-state index >= 15 is 0 Å². The summed E-state index contributed by atoms with van der Waals surface area (Å²) in [7, 11) is 1.89. The Balaban J connectivity index is 1.71. The molecule has 0 saturated heterocycles. The van der Waals surface area contributed by atoms with Gasteiger partial charge in [-0.1, -0.05) is 29.9 Å². The van der Waals surface area contributed by atoms with Crippen LogP contribution in [0, 0.1) is 5.92 Å². The molecule has 0 aromatic rings. The van der Waals surface area contributed by atoms with E-state index in [4.69, 9.17) is 0 Å². The molecule has 0 radical (unpaired) electrons. The summed E-state index contributed by atoms with van der Waals surface area (Å²) in [6.45, 7) is 0. The maximum absolute atomic E-state index is 4.26. The van der Waals surface area contributed by atoms with Gasteiger partial charge in [-0.3, -0.25) is 4.99 Å². The van der Waals surface area contributed by atoms with Crippen molar-refractivity contribution in [1.29, 1.82) is 0 Å². The normalized spacial score (nSPS) is 26.2. The predicted octanol–water partition coefficient (Wildman–Crippen LogP) is 4.86. The largest absolute Gasteiger partial charge is 0.293 e. The number of hydrogen-bond acceptors (Lipinski definition) is 1. The SMILES string of the molecule is CN=C1C=CC(CCCC2=CCCCC=C2)CC1. The first-order valence-corrected chi connectivity index (χ1v) is 7.38. The van der Waals surface area contributed by atoms with Gasteiger partial charge in [0, 0.05) is 12.8 Å². The zero-order valence-electron chi connectivity index (χ0n) is 11.6. The highest BCUT2D eigenvalue weighted by atomic mass is 14.7. The summed E-state index contributed by atoms with van der Waals surface area (Å²) in [4.78, 5) is 4.26. The number of nitrogens with zero attached hydrogens (tertiary/aromatic N) is 1. The van der Waals surface area contributed by atoms with Crippen molar-refractivity contribution in [3.8, 4) is 0 Å². The zero-order chi connectivity index (χ0) is 12.6. The summed E-state index contributed by atoms with van der Waals surface area (Å²) in [5.41, 5.74) is 2.82. The maximum atomic E-state index is 4.26. The van der Waals surface area contributed by atoms with Crippen LogP contribution in [0.25, 0.3) is 0 Å². The molecule has 0 amide bonds. The summed E-state index contributed by atoms with van der Waals surface area (Å²) >= 11 is 0. The molecule has 1 heteroatoms. The van der Waals surface area contributed by atoms with Gasteiger partial charge in [0.1, 0.15) is 0 Å². The molecular weight excluding hydrogens is 218 g/mol. The molecule has 1 nitrogen and oxygen atoms in total. The van der Waals surface area contributed by atoms with Gasteiger partial charge in [-0.15, -0.1) is 0 Å². The lowest BCUT2D eigenvalue weighted by Crippen LogP contribution is -2.08. The average molecular weight is 243 g/mol. The van der Waals surface area contributed by atoms with Crippen LogP contribution in [0.2, 0.25) is 0 Å². The van der Waals surface area contributed by atoms with E-state index in [0.29, 0.717) is 0 Å². The number of allylic oxidation sites excluding steroid dienone is 6. The van der Waals surface area contributed by atoms with Crippen molar-refractivity contribution in [2.45, 2.75) is 51.4 Å². The lowest BCUT2D eigenvalue weighted by Gasteiger charge is -2.17. The molecule has 2 aliphatic carbocycles. The number of hydrogen-bond donors (Lipinski definition) is 0. The Morgan fingerprint density at radius 2 is 2.22 bits per heavy atom. The molecule has 0 aromatic carbocycles. The van der Waals surface area contributed by atoms with Gasteiger partial charge in [-0.05, 0) is 63.4 Å². The summed E-state index contributed by atoms with van der Waals surface area (Å²) < 4.78 is 0. The van der Waals surface area contributed by atoms with Crippen LogP contribution < -0.4 is 0 Å². The van der Waals surface area contributed by atoms with Crippen molar-refractivity contribution in [1.82, 2.24) is 0 Å². The first-order valence-electron chi connectivity index (χ1n) is 7.38. The topological polar surface area (TPSA) is 12.4 Å². The van der Waals surface area contributed by atoms with Crippen LogP contribution in [0.1, 0.15) is 51.4 Å². The molecule has 0 saturated carbocycles. The average Bonchev–Trinajstić information content (AvgIpc) is 2.68. The van der Waals surface area contributed by atoms with E-state index in [-0.39, 0.29) is 0 Å². The van der Waals surface area contributed by atoms with E-state index in [1.54, 1.807) is 5.57 Å². The highest BCUT2D eigenvalue weighted by Crippen LogP contribution is 2.23. The van der Waals surface area contributed by atoms with Gasteiger partial charge in [0.2, 0.25) is 0 Å². The number of aliphatic imine (C=N–C) groups is 1. The van der Waals surface area contributed by atoms with E-state index in [1.807, 2.05) is 7.05 Å². The predicted molar refractivity (Wildman–Crippen MR) is 80.1 cm³/mol. The standard InChI is InChI=1S/C17H25N/c1-18-17-13-11-16(12-14-17)10-6-9-15-7-4-2-3-5-8-15/h4,7-8,11,13,16H,2-3,5-6,9-10,12,14H2,1H3. The Kier molecular flexibility index (Phi) is 5.44. The van der Waals surface area contributed by atoms with Gasteiger partial charge >= 0.3 is 0 Å². The maximum Gasteiger partial charge on any atom is 0.0342 e. The van der Waals surface area contributed by atoms with Gasteiger partial charge in [0.05, 0.1) is 0 Å². The molecule has 18 heavy (non-hydrogen) atoms. The van der Waals surface area contributed by atoms with Crippen molar-refractivity contribution in [3.05, 3.63) is 36.0 Å². The molecule has 1 atom stereocenters. The Bertz CT molecular complexity index is 371. The quantitative estimate of drug-likeness (QED) is 0.668. The molecule has 1 unspecified atom stereocenters. The van der Waals surface area contributed by atoms with Gasteiger partial charge in [-0.25, -0.2) is 0 Å². The van der Waals surface area contributed by atoms with Crippen LogP contribution in [0.5, 0.6) is 0 Å². The molecule has 0 bridgehead atoms. The molecule has 0 aromatic heterocycles. The Morgan fingerprint density at radius 3 is 3.00 bits per heavy atom. The Labute approximate surface area is 111 Å². The summed E-state index contributed by atoms with van der Waals surface area (Å²) in [6.07, 6.45) is 21.9. The zero-order valence-corrected chi connectivity index (χ0v) is 11.6. The van der Waals surface area contributed by atoms with Crippen LogP contribution >= 0.6 is 0 Å². The minimum atomic E-state index is 0.783. The molecule has 98 valence electrons. The second kappa shape index (κ2) is 7.35. The minimum Gasteiger partial charge on any atom is -0.293 e. The van der Waals surface area contributed by atoms with Gasteiger partial charge in [0.15, 0.2) is 0 Å². The third-order valence-corrected chi connectivity index (χ3v) is 3.97. The summed E-state index contributed by atoms with van der Waals surface area (Å²) in [5, 5.41) is 0. The van der Waals surface area contributed by atoms with Gasteiger partial charge < -0.3 is 0 Å². The highest BCUT2D eigenvalue weighted by molar-refractivity contribution is 5.95. The molecular formula is C17H25N. The molecule has 0 aliphatic heterocycles. The first-order chi connectivity index (χ1) is 8.88. The molecule has 0 heterocycles. The molecule has 2 rings (SSSR count). The van der Waals surface area contributed by atoms with Crippen LogP contribution in [0.3, 0.4) is 0 Å². The smallest absolute Gasteiger partial charge is 0.0342 e. The van der Waals surface area contributed by atoms with E-state index in [1.165, 1.54) is 57.1 Å². The second-order valence-corrected chi connectivity index (χ2v) is 5.38. The van der Waals surface area contributed by atoms with Crippen LogP contribution in [-0.2, 0) is 0 Å². The van der Waals surface area contributed by atoms with Crippen LogP contribution in [0.15, 0.2) is 40.9 Å². The molecule has 0 N–H and O–H groups in total. The molecule has 2 aliphatic rings. The van der Waals surface area contributed by atoms with E-state index < -0.39 is 0 Å². The van der Waals surface area contributed by atoms with Crippen molar-refractivity contribution in [2.24, 2.45) is 10.9 Å². The van der Waals surface area contributed by atoms with E-state index in [9.17, 15) is 0 Å². The lowest BCUT2D eigenvalue weighted by atomic mass is 9.89. The van der Waals surface area contributed by atoms with Crippen molar-refractivity contribution in [3.63, 3.8) is 0 Å². The fourth-order valence-electron chi connectivity index (χ4n) is 2.77. The van der Waals surface area contributed by atoms with E-state index in [0.717, 1.165) is 5.92 Å². The lowest BCUT2D eigenvalue weighted by molar-refractivity contribution is 0.527. The Hall–Kier alpha value is -1.11. The van der Waals surface area contributed by atoms with Gasteiger partial charge in [-0.2, -0.15) is 0 Å². The summed E-state index contributed by atoms with van der Waals surface area (Å²) in [6, 6.07) is 0. The van der Waals surface area contributed by atoms with Crippen molar-refractivity contribution >= 4 is 5.71 Å². The fourth-order valence-corrected chi connectivity index (χ4v) is 2.77. The first kappa shape index (κ1) is 13.3. The molecule has 0 spiro atoms. The van der Waals surface area contributed by atoms with E-state index in [2.05, 4.69) is 35.4 Å². The minimum absolute atomic E-state index is 0.783. The van der Waals surface area contributed by atoms with Crippen molar-refractivity contribution < 1.29 is 0 Å². The van der Waals surface area contributed by atoms with Gasteiger partial charge in [0.25, 0.3) is 0 Å². The highest BCUT2D eigenvalue weighted by Gasteiger charge is 2.11. The Morgan fingerprint density at radius 1 is 1.28 bits per heavy atom. The van der Waals surface area contributed by atoms with Crippen molar-refractivity contribution in [2.75, 3.05) is 7.05 Å². The third kappa shape index (κ3) is 4.29. The fraction of sp³-hybridized carbons (Fsp3) is 0.588. The van der Waals surface area contributed by atoms with Crippen LogP contribution in [0.4, 0.5) is 0 Å².